The van der Waals surface area contributed by atoms with E-state index in [2.05, 4.69) is 95.8 Å². The zero-order valence-electron chi connectivity index (χ0n) is 20.5. The van der Waals surface area contributed by atoms with Gasteiger partial charge in [0.1, 0.15) is 18.5 Å². The Balaban J connectivity index is 1.83. The minimum Gasteiger partial charge on any atom is -0.455 e. The van der Waals surface area contributed by atoms with E-state index in [9.17, 15) is 0 Å². The number of pyridine rings is 1. The van der Waals surface area contributed by atoms with Crippen molar-refractivity contribution in [2.24, 2.45) is 18.9 Å². The summed E-state index contributed by atoms with van der Waals surface area (Å²) in [5, 5.41) is 5.14. The standard InChI is InChI=1S/C30H34NO/c1-17(2)12-21-8-9-24-20(6)30-27(19(5)25(24)15-21)29-28-23(10-11-31(29)7)14-22(13-18(3)4)16-26(28)32-30/h8-11,14-18H,12-13H2,1-7H3/q+1. The van der Waals surface area contributed by atoms with Crippen LogP contribution in [0.3, 0.4) is 0 Å². The van der Waals surface area contributed by atoms with Crippen molar-refractivity contribution in [3.8, 4) is 22.8 Å². The van der Waals surface area contributed by atoms with Gasteiger partial charge in [-0.05, 0) is 77.4 Å². The van der Waals surface area contributed by atoms with E-state index in [0.717, 1.165) is 24.3 Å². The SMILES string of the molecule is Cc1c2c(c(C)c3cc(CC(C)C)ccc13)-c1c3c(cc(CC(C)C)cc3cc[n+]1C)O2. The van der Waals surface area contributed by atoms with E-state index >= 15 is 0 Å². The summed E-state index contributed by atoms with van der Waals surface area (Å²) >= 11 is 0. The van der Waals surface area contributed by atoms with Crippen molar-refractivity contribution in [1.29, 1.82) is 0 Å². The van der Waals surface area contributed by atoms with Gasteiger partial charge >= 0.3 is 0 Å². The Hall–Kier alpha value is -2.87. The first-order chi connectivity index (χ1) is 15.2. The highest BCUT2D eigenvalue weighted by atomic mass is 16.5. The van der Waals surface area contributed by atoms with Gasteiger partial charge in [0.25, 0.3) is 0 Å². The fourth-order valence-electron chi connectivity index (χ4n) is 5.46. The van der Waals surface area contributed by atoms with E-state index in [-0.39, 0.29) is 0 Å². The van der Waals surface area contributed by atoms with Crippen LogP contribution in [-0.4, -0.2) is 0 Å². The largest absolute Gasteiger partial charge is 0.455 e. The molecule has 0 N–H and O–H groups in total. The molecule has 0 unspecified atom stereocenters. The quantitative estimate of drug-likeness (QED) is 0.271. The van der Waals surface area contributed by atoms with Crippen LogP contribution in [0, 0.1) is 25.7 Å². The van der Waals surface area contributed by atoms with Gasteiger partial charge in [-0.15, -0.1) is 0 Å². The van der Waals surface area contributed by atoms with Crippen molar-refractivity contribution in [3.05, 3.63) is 64.8 Å². The van der Waals surface area contributed by atoms with Gasteiger partial charge in [-0.3, -0.25) is 0 Å². The smallest absolute Gasteiger partial charge is 0.228 e. The lowest BCUT2D eigenvalue weighted by molar-refractivity contribution is -0.659. The summed E-state index contributed by atoms with van der Waals surface area (Å²) in [6, 6.07) is 13.8. The number of rotatable bonds is 4. The summed E-state index contributed by atoms with van der Waals surface area (Å²) in [5.41, 5.74) is 7.81. The molecule has 1 aliphatic rings. The van der Waals surface area contributed by atoms with E-state index in [1.54, 1.807) is 0 Å². The summed E-state index contributed by atoms with van der Waals surface area (Å²) in [7, 11) is 2.16. The van der Waals surface area contributed by atoms with Crippen LogP contribution in [0.4, 0.5) is 0 Å². The van der Waals surface area contributed by atoms with E-state index < -0.39 is 0 Å². The van der Waals surface area contributed by atoms with Crippen molar-refractivity contribution in [2.45, 2.75) is 54.4 Å². The van der Waals surface area contributed by atoms with Gasteiger partial charge in [-0.2, -0.15) is 0 Å². The Morgan fingerprint density at radius 2 is 1.53 bits per heavy atom. The molecular formula is C30H34NO+. The van der Waals surface area contributed by atoms with Gasteiger partial charge in [0.15, 0.2) is 6.20 Å². The van der Waals surface area contributed by atoms with Crippen LogP contribution < -0.4 is 9.30 Å². The molecular weight excluding hydrogens is 390 g/mol. The summed E-state index contributed by atoms with van der Waals surface area (Å²) < 4.78 is 9.00. The van der Waals surface area contributed by atoms with Gasteiger partial charge in [0, 0.05) is 11.6 Å². The average molecular weight is 425 g/mol. The number of benzene rings is 3. The van der Waals surface area contributed by atoms with E-state index in [1.807, 2.05) is 0 Å². The highest BCUT2D eigenvalue weighted by Gasteiger charge is 2.32. The molecule has 0 fully saturated rings. The third-order valence-corrected chi connectivity index (χ3v) is 6.83. The summed E-state index contributed by atoms with van der Waals surface area (Å²) in [6.07, 6.45) is 4.36. The zero-order valence-corrected chi connectivity index (χ0v) is 20.5. The second-order valence-electron chi connectivity index (χ2n) is 10.5. The molecule has 0 aliphatic carbocycles. The summed E-state index contributed by atoms with van der Waals surface area (Å²) in [5.74, 6) is 3.27. The highest BCUT2D eigenvalue weighted by Crippen LogP contribution is 2.50. The number of ether oxygens (including phenoxy) is 1. The monoisotopic (exact) mass is 424 g/mol. The van der Waals surface area contributed by atoms with Crippen LogP contribution in [0.25, 0.3) is 32.8 Å². The molecule has 4 aromatic rings. The first-order valence-corrected chi connectivity index (χ1v) is 11.9. The number of nitrogens with zero attached hydrogens (tertiary/aromatic N) is 1. The Morgan fingerprint density at radius 1 is 0.812 bits per heavy atom. The second-order valence-corrected chi connectivity index (χ2v) is 10.5. The fourth-order valence-corrected chi connectivity index (χ4v) is 5.46. The molecule has 0 radical (unpaired) electrons. The lowest BCUT2D eigenvalue weighted by Crippen LogP contribution is -2.32. The predicted octanol–water partition coefficient (Wildman–Crippen LogP) is 7.60. The first kappa shape index (κ1) is 21.0. The van der Waals surface area contributed by atoms with Crippen LogP contribution in [-0.2, 0) is 19.9 Å². The second kappa shape index (κ2) is 7.62. The van der Waals surface area contributed by atoms with E-state index in [4.69, 9.17) is 4.74 Å². The van der Waals surface area contributed by atoms with Crippen LogP contribution in [0.5, 0.6) is 11.5 Å². The predicted molar refractivity (Wildman–Crippen MR) is 135 cm³/mol. The van der Waals surface area contributed by atoms with Gasteiger partial charge in [0.05, 0.1) is 10.9 Å². The molecule has 1 aromatic heterocycles. The van der Waals surface area contributed by atoms with Gasteiger partial charge in [0.2, 0.25) is 5.69 Å². The maximum Gasteiger partial charge on any atom is 0.228 e. The van der Waals surface area contributed by atoms with Crippen molar-refractivity contribution in [3.63, 3.8) is 0 Å². The number of hydrogen-bond donors (Lipinski definition) is 0. The molecule has 2 heterocycles. The molecule has 3 aromatic carbocycles. The normalized spacial score (nSPS) is 12.7. The van der Waals surface area contributed by atoms with Crippen molar-refractivity contribution in [1.82, 2.24) is 0 Å². The molecule has 0 saturated carbocycles. The van der Waals surface area contributed by atoms with Gasteiger partial charge in [-0.25, -0.2) is 4.57 Å². The average Bonchev–Trinajstić information content (AvgIpc) is 2.73. The van der Waals surface area contributed by atoms with Crippen LogP contribution in [0.15, 0.2) is 42.6 Å². The van der Waals surface area contributed by atoms with Crippen molar-refractivity contribution < 1.29 is 9.30 Å². The summed E-state index contributed by atoms with van der Waals surface area (Å²) in [4.78, 5) is 0. The molecule has 164 valence electrons. The number of hydrogen-bond acceptors (Lipinski definition) is 1. The Labute approximate surface area is 191 Å². The third kappa shape index (κ3) is 3.28. The number of fused-ring (bicyclic) bond motifs is 3. The molecule has 0 spiro atoms. The van der Waals surface area contributed by atoms with Crippen LogP contribution in [0.2, 0.25) is 0 Å². The van der Waals surface area contributed by atoms with E-state index in [1.165, 1.54) is 55.1 Å². The third-order valence-electron chi connectivity index (χ3n) is 6.83. The number of aryl methyl sites for hydroxylation is 3. The molecule has 5 rings (SSSR count). The van der Waals surface area contributed by atoms with Crippen molar-refractivity contribution in [2.75, 3.05) is 0 Å². The molecule has 0 saturated heterocycles. The fraction of sp³-hybridized carbons (Fsp3) is 0.367. The summed E-state index contributed by atoms with van der Waals surface area (Å²) in [6.45, 7) is 13.6. The minimum atomic E-state index is 0.614. The molecule has 0 bridgehead atoms. The molecule has 2 nitrogen and oxygen atoms in total. The number of aromatic nitrogens is 1. The van der Waals surface area contributed by atoms with Crippen LogP contribution >= 0.6 is 0 Å². The Kier molecular flexibility index (Phi) is 5.00. The minimum absolute atomic E-state index is 0.614. The zero-order chi connectivity index (χ0) is 22.7. The lowest BCUT2D eigenvalue weighted by atomic mass is 9.87. The van der Waals surface area contributed by atoms with E-state index in [0.29, 0.717) is 11.8 Å². The topological polar surface area (TPSA) is 13.1 Å². The molecule has 1 aliphatic heterocycles. The van der Waals surface area contributed by atoms with Crippen molar-refractivity contribution >= 4 is 21.5 Å². The Bertz CT molecular complexity index is 1380. The molecule has 0 amide bonds. The first-order valence-electron chi connectivity index (χ1n) is 11.9. The lowest BCUT2D eigenvalue weighted by Gasteiger charge is -2.25. The molecule has 2 heteroatoms. The maximum absolute atomic E-state index is 6.73. The maximum atomic E-state index is 6.73. The van der Waals surface area contributed by atoms with Crippen LogP contribution in [0.1, 0.15) is 49.9 Å². The van der Waals surface area contributed by atoms with Gasteiger partial charge < -0.3 is 4.74 Å². The molecule has 0 atom stereocenters. The Morgan fingerprint density at radius 3 is 2.25 bits per heavy atom. The van der Waals surface area contributed by atoms with Gasteiger partial charge in [-0.1, -0.05) is 52.0 Å². The molecule has 32 heavy (non-hydrogen) atoms. The highest BCUT2D eigenvalue weighted by molar-refractivity contribution is 6.06.